The van der Waals surface area contributed by atoms with E-state index in [1.807, 2.05) is 0 Å². The lowest BCUT2D eigenvalue weighted by Crippen LogP contribution is -2.14. The van der Waals surface area contributed by atoms with Gasteiger partial charge >= 0.3 is 6.18 Å². The van der Waals surface area contributed by atoms with Gasteiger partial charge in [0.25, 0.3) is 5.69 Å². The predicted octanol–water partition coefficient (Wildman–Crippen LogP) is 3.45. The van der Waals surface area contributed by atoms with Crippen molar-refractivity contribution >= 4 is 17.5 Å². The minimum Gasteiger partial charge on any atom is -0.366 e. The van der Waals surface area contributed by atoms with E-state index in [-0.39, 0.29) is 24.0 Å². The van der Waals surface area contributed by atoms with E-state index in [9.17, 15) is 23.3 Å². The van der Waals surface area contributed by atoms with Gasteiger partial charge in [-0.1, -0.05) is 12.1 Å². The molecule has 0 atom stereocenters. The van der Waals surface area contributed by atoms with Crippen molar-refractivity contribution in [2.45, 2.75) is 19.6 Å². The van der Waals surface area contributed by atoms with Crippen molar-refractivity contribution in [2.75, 3.05) is 17.2 Å². The van der Waals surface area contributed by atoms with Gasteiger partial charge in [-0.15, -0.1) is 0 Å². The van der Waals surface area contributed by atoms with Gasteiger partial charge < -0.3 is 10.6 Å². The van der Waals surface area contributed by atoms with E-state index >= 15 is 0 Å². The van der Waals surface area contributed by atoms with Crippen LogP contribution in [0, 0.1) is 10.1 Å². The molecular weight excluding hydrogens is 327 g/mol. The molecule has 0 radical (unpaired) electrons. The molecule has 0 unspecified atom stereocenters. The van der Waals surface area contributed by atoms with E-state index in [0.29, 0.717) is 12.1 Å². The topological polar surface area (TPSA) is 93.0 Å². The fourth-order valence-corrected chi connectivity index (χ4v) is 1.89. The zero-order valence-corrected chi connectivity index (χ0v) is 12.6. The van der Waals surface area contributed by atoms with Crippen LogP contribution in [0.25, 0.3) is 0 Å². The van der Waals surface area contributed by atoms with E-state index in [4.69, 9.17) is 0 Å². The van der Waals surface area contributed by atoms with Crippen LogP contribution in [0.5, 0.6) is 0 Å². The number of hydrogen-bond acceptors (Lipinski definition) is 6. The van der Waals surface area contributed by atoms with Crippen LogP contribution in [0.3, 0.4) is 0 Å². The molecule has 0 saturated carbocycles. The molecule has 0 amide bonds. The first-order chi connectivity index (χ1) is 11.3. The molecule has 2 N–H and O–H groups in total. The second-order valence-corrected chi connectivity index (χ2v) is 4.77. The molecule has 2 rings (SSSR count). The van der Waals surface area contributed by atoms with Crippen LogP contribution >= 0.6 is 0 Å². The summed E-state index contributed by atoms with van der Waals surface area (Å²) in [6, 6.07) is 6.58. The molecule has 1 aromatic carbocycles. The zero-order chi connectivity index (χ0) is 17.7. The minimum absolute atomic E-state index is 0.0280. The van der Waals surface area contributed by atoms with Crippen LogP contribution in [-0.4, -0.2) is 21.4 Å². The maximum Gasteiger partial charge on any atom is 0.433 e. The molecule has 0 saturated heterocycles. The number of nitrogens with zero attached hydrogens (tertiary/aromatic N) is 3. The molecule has 0 aliphatic rings. The number of anilines is 2. The largest absolute Gasteiger partial charge is 0.433 e. The molecule has 0 aliphatic carbocycles. The van der Waals surface area contributed by atoms with Crippen molar-refractivity contribution in [1.29, 1.82) is 0 Å². The first-order valence-corrected chi connectivity index (χ1v) is 6.97. The Morgan fingerprint density at radius 3 is 2.58 bits per heavy atom. The number of alkyl halides is 3. The SMILES string of the molecule is CCNc1nc(NCc2cccc([N+](=O)[O-])c2)cc(C(F)(F)F)n1. The number of rotatable bonds is 6. The third-order valence-corrected chi connectivity index (χ3v) is 2.95. The molecule has 1 heterocycles. The maximum absolute atomic E-state index is 12.9. The third kappa shape index (κ3) is 4.54. The van der Waals surface area contributed by atoms with Crippen molar-refractivity contribution < 1.29 is 18.1 Å². The van der Waals surface area contributed by atoms with Crippen LogP contribution in [0.1, 0.15) is 18.2 Å². The van der Waals surface area contributed by atoms with E-state index in [2.05, 4.69) is 20.6 Å². The van der Waals surface area contributed by atoms with Gasteiger partial charge in [0.2, 0.25) is 5.95 Å². The highest BCUT2D eigenvalue weighted by Crippen LogP contribution is 2.29. The molecule has 2 aromatic rings. The van der Waals surface area contributed by atoms with Crippen molar-refractivity contribution in [1.82, 2.24) is 9.97 Å². The number of nitro benzene ring substituents is 1. The van der Waals surface area contributed by atoms with Crippen LogP contribution in [0.2, 0.25) is 0 Å². The predicted molar refractivity (Wildman–Crippen MR) is 81.6 cm³/mol. The Hall–Kier alpha value is -2.91. The van der Waals surface area contributed by atoms with Gasteiger partial charge in [0.15, 0.2) is 5.69 Å². The second kappa shape index (κ2) is 7.11. The number of aromatic nitrogens is 2. The Morgan fingerprint density at radius 2 is 1.96 bits per heavy atom. The number of halogens is 3. The Morgan fingerprint density at radius 1 is 1.21 bits per heavy atom. The molecular formula is C14H14F3N5O2. The van der Waals surface area contributed by atoms with Crippen molar-refractivity contribution in [3.63, 3.8) is 0 Å². The van der Waals surface area contributed by atoms with E-state index in [1.165, 1.54) is 18.2 Å². The number of nitro groups is 1. The Balaban J connectivity index is 2.21. The fraction of sp³-hybridized carbons (Fsp3) is 0.286. The van der Waals surface area contributed by atoms with Crippen LogP contribution < -0.4 is 10.6 Å². The summed E-state index contributed by atoms with van der Waals surface area (Å²) in [7, 11) is 0. The summed E-state index contributed by atoms with van der Waals surface area (Å²) in [6.07, 6.45) is -4.60. The standard InChI is InChI=1S/C14H14F3N5O2/c1-2-18-13-20-11(14(15,16)17)7-12(21-13)19-8-9-4-3-5-10(6-9)22(23)24/h3-7H,2,8H2,1H3,(H2,18,19,20,21). The first kappa shape index (κ1) is 17.4. The summed E-state index contributed by atoms with van der Waals surface area (Å²) in [6.45, 7) is 2.16. The third-order valence-electron chi connectivity index (χ3n) is 2.95. The summed E-state index contributed by atoms with van der Waals surface area (Å²) in [4.78, 5) is 17.5. The Bertz CT molecular complexity index is 737. The number of nitrogens with one attached hydrogen (secondary N) is 2. The van der Waals surface area contributed by atoms with E-state index in [1.54, 1.807) is 13.0 Å². The van der Waals surface area contributed by atoms with Gasteiger partial charge in [-0.2, -0.15) is 18.2 Å². The smallest absolute Gasteiger partial charge is 0.366 e. The highest BCUT2D eigenvalue weighted by Gasteiger charge is 2.33. The van der Waals surface area contributed by atoms with Crippen molar-refractivity contribution in [3.05, 3.63) is 51.7 Å². The normalized spacial score (nSPS) is 11.2. The zero-order valence-electron chi connectivity index (χ0n) is 12.6. The molecule has 0 bridgehead atoms. The lowest BCUT2D eigenvalue weighted by Gasteiger charge is -2.12. The van der Waals surface area contributed by atoms with Crippen LogP contribution in [0.15, 0.2) is 30.3 Å². The van der Waals surface area contributed by atoms with Gasteiger partial charge in [0.1, 0.15) is 5.82 Å². The summed E-state index contributed by atoms with van der Waals surface area (Å²) in [5.41, 5.74) is -0.627. The van der Waals surface area contributed by atoms with Gasteiger partial charge in [-0.05, 0) is 12.5 Å². The number of hydrogen-bond donors (Lipinski definition) is 2. The first-order valence-electron chi connectivity index (χ1n) is 6.97. The van der Waals surface area contributed by atoms with Crippen molar-refractivity contribution in [2.24, 2.45) is 0 Å². The average molecular weight is 341 g/mol. The minimum atomic E-state index is -4.60. The Labute approximate surface area is 135 Å². The number of benzene rings is 1. The van der Waals surface area contributed by atoms with Crippen molar-refractivity contribution in [3.8, 4) is 0 Å². The van der Waals surface area contributed by atoms with E-state index in [0.717, 1.165) is 6.07 Å². The Kier molecular flexibility index (Phi) is 5.17. The summed E-state index contributed by atoms with van der Waals surface area (Å²) >= 11 is 0. The monoisotopic (exact) mass is 341 g/mol. The molecule has 128 valence electrons. The molecule has 0 spiro atoms. The van der Waals surface area contributed by atoms with Crippen LogP contribution in [0.4, 0.5) is 30.6 Å². The van der Waals surface area contributed by atoms with Gasteiger partial charge in [-0.25, -0.2) is 4.98 Å². The summed E-state index contributed by atoms with van der Waals surface area (Å²) in [5, 5.41) is 16.1. The lowest BCUT2D eigenvalue weighted by atomic mass is 10.2. The lowest BCUT2D eigenvalue weighted by molar-refractivity contribution is -0.384. The highest BCUT2D eigenvalue weighted by atomic mass is 19.4. The molecule has 0 aliphatic heterocycles. The van der Waals surface area contributed by atoms with Gasteiger partial charge in [-0.3, -0.25) is 10.1 Å². The molecule has 0 fully saturated rings. The maximum atomic E-state index is 12.9. The van der Waals surface area contributed by atoms with Gasteiger partial charge in [0, 0.05) is 31.3 Å². The summed E-state index contributed by atoms with van der Waals surface area (Å²) in [5.74, 6) is -0.173. The highest BCUT2D eigenvalue weighted by molar-refractivity contribution is 5.44. The molecule has 10 heteroatoms. The fourth-order valence-electron chi connectivity index (χ4n) is 1.89. The number of non-ortho nitro benzene ring substituents is 1. The quantitative estimate of drug-likeness (QED) is 0.617. The molecule has 24 heavy (non-hydrogen) atoms. The molecule has 1 aromatic heterocycles. The summed E-state index contributed by atoms with van der Waals surface area (Å²) < 4.78 is 38.6. The second-order valence-electron chi connectivity index (χ2n) is 4.77. The van der Waals surface area contributed by atoms with E-state index < -0.39 is 16.8 Å². The van der Waals surface area contributed by atoms with Gasteiger partial charge in [0.05, 0.1) is 4.92 Å². The van der Waals surface area contributed by atoms with Crippen LogP contribution in [-0.2, 0) is 12.7 Å². The average Bonchev–Trinajstić information content (AvgIpc) is 2.52. The molecule has 7 nitrogen and oxygen atoms in total.